The van der Waals surface area contributed by atoms with Crippen molar-refractivity contribution in [3.8, 4) is 22.6 Å². The summed E-state index contributed by atoms with van der Waals surface area (Å²) in [5.74, 6) is 0.972. The molecule has 0 amide bonds. The highest BCUT2D eigenvalue weighted by Crippen LogP contribution is 2.22. The van der Waals surface area contributed by atoms with Crippen molar-refractivity contribution in [1.29, 1.82) is 0 Å². The number of hydrogen-bond acceptors (Lipinski definition) is 3. The van der Waals surface area contributed by atoms with Gasteiger partial charge < -0.3 is 9.47 Å². The van der Waals surface area contributed by atoms with E-state index in [1.165, 1.54) is 25.3 Å². The zero-order valence-corrected chi connectivity index (χ0v) is 17.4. The first-order valence-electron chi connectivity index (χ1n) is 10.5. The molecular weight excluding hydrogens is 372 g/mol. The Balaban J connectivity index is 1.47. The van der Waals surface area contributed by atoms with E-state index in [9.17, 15) is 4.79 Å². The molecule has 0 atom stereocenters. The van der Waals surface area contributed by atoms with Gasteiger partial charge in [0.05, 0.1) is 6.61 Å². The van der Waals surface area contributed by atoms with Crippen LogP contribution in [0.25, 0.3) is 17.2 Å². The average molecular weight is 401 g/mol. The Labute approximate surface area is 179 Å². The number of carbonyl (C=O) groups is 1. The maximum atomic E-state index is 12.1. The van der Waals surface area contributed by atoms with Crippen molar-refractivity contribution in [3.05, 3.63) is 90.5 Å². The Morgan fingerprint density at radius 2 is 1.43 bits per heavy atom. The van der Waals surface area contributed by atoms with Crippen LogP contribution < -0.4 is 9.47 Å². The SMILES string of the molecule is CCCCCCOc1ccc(C=CC(=O)Oc2ccc(-c3ccccc3)cc2)cc1. The molecule has 0 unspecified atom stereocenters. The standard InChI is InChI=1S/C27H28O3/c1-2-3-4-8-21-29-25-16-11-22(12-17-25)13-20-27(28)30-26-18-14-24(15-19-26)23-9-6-5-7-10-23/h5-7,9-20H,2-4,8,21H2,1H3. The fourth-order valence-corrected chi connectivity index (χ4v) is 3.05. The van der Waals surface area contributed by atoms with E-state index in [1.54, 1.807) is 18.2 Å². The average Bonchev–Trinajstić information content (AvgIpc) is 2.79. The lowest BCUT2D eigenvalue weighted by molar-refractivity contribution is -0.128. The number of unbranched alkanes of at least 4 members (excludes halogenated alkanes) is 3. The van der Waals surface area contributed by atoms with E-state index in [4.69, 9.17) is 9.47 Å². The molecule has 3 heteroatoms. The summed E-state index contributed by atoms with van der Waals surface area (Å²) in [6.45, 7) is 2.94. The molecular formula is C27H28O3. The minimum Gasteiger partial charge on any atom is -0.494 e. The summed E-state index contributed by atoms with van der Waals surface area (Å²) in [7, 11) is 0. The fourth-order valence-electron chi connectivity index (χ4n) is 3.05. The van der Waals surface area contributed by atoms with Crippen molar-refractivity contribution in [3.63, 3.8) is 0 Å². The molecule has 0 spiro atoms. The van der Waals surface area contributed by atoms with Crippen LogP contribution in [-0.2, 0) is 4.79 Å². The molecule has 0 N–H and O–H groups in total. The molecule has 0 aliphatic carbocycles. The van der Waals surface area contributed by atoms with E-state index >= 15 is 0 Å². The van der Waals surface area contributed by atoms with Crippen molar-refractivity contribution < 1.29 is 14.3 Å². The first kappa shape index (κ1) is 21.4. The van der Waals surface area contributed by atoms with Crippen molar-refractivity contribution in [1.82, 2.24) is 0 Å². The second kappa shape index (κ2) is 11.6. The minimum absolute atomic E-state index is 0.404. The molecule has 3 aromatic rings. The van der Waals surface area contributed by atoms with Crippen LogP contribution in [0.4, 0.5) is 0 Å². The fraction of sp³-hybridized carbons (Fsp3) is 0.222. The summed E-state index contributed by atoms with van der Waals surface area (Å²) >= 11 is 0. The lowest BCUT2D eigenvalue weighted by Gasteiger charge is -2.06. The summed E-state index contributed by atoms with van der Waals surface area (Å²) in [6, 6.07) is 25.3. The molecule has 0 fully saturated rings. The number of ether oxygens (including phenoxy) is 2. The van der Waals surface area contributed by atoms with Gasteiger partial charge in [-0.25, -0.2) is 4.79 Å². The van der Waals surface area contributed by atoms with Crippen LogP contribution in [0.1, 0.15) is 38.2 Å². The van der Waals surface area contributed by atoms with E-state index in [1.807, 2.05) is 66.7 Å². The van der Waals surface area contributed by atoms with Gasteiger partial charge in [-0.05, 0) is 53.5 Å². The monoisotopic (exact) mass is 400 g/mol. The number of benzene rings is 3. The number of hydrogen-bond donors (Lipinski definition) is 0. The van der Waals surface area contributed by atoms with Crippen molar-refractivity contribution in [2.24, 2.45) is 0 Å². The van der Waals surface area contributed by atoms with Gasteiger partial charge in [-0.1, -0.05) is 80.8 Å². The number of carbonyl (C=O) groups excluding carboxylic acids is 1. The van der Waals surface area contributed by atoms with Crippen LogP contribution >= 0.6 is 0 Å². The third-order valence-corrected chi connectivity index (χ3v) is 4.74. The lowest BCUT2D eigenvalue weighted by Crippen LogP contribution is -2.03. The first-order chi connectivity index (χ1) is 14.7. The predicted molar refractivity (Wildman–Crippen MR) is 123 cm³/mol. The zero-order chi connectivity index (χ0) is 21.0. The van der Waals surface area contributed by atoms with Crippen LogP contribution in [0.5, 0.6) is 11.5 Å². The Morgan fingerprint density at radius 3 is 2.13 bits per heavy atom. The van der Waals surface area contributed by atoms with Crippen LogP contribution in [0, 0.1) is 0 Å². The normalized spacial score (nSPS) is 10.8. The zero-order valence-electron chi connectivity index (χ0n) is 17.4. The quantitative estimate of drug-likeness (QED) is 0.160. The van der Waals surface area contributed by atoms with Gasteiger partial charge in [0.15, 0.2) is 0 Å². The predicted octanol–water partition coefficient (Wildman–Crippen LogP) is 6.93. The van der Waals surface area contributed by atoms with Crippen LogP contribution in [-0.4, -0.2) is 12.6 Å². The molecule has 3 nitrogen and oxygen atoms in total. The Kier molecular flexibility index (Phi) is 8.28. The maximum Gasteiger partial charge on any atom is 0.336 e. The molecule has 0 aliphatic rings. The van der Waals surface area contributed by atoms with Gasteiger partial charge in [0.25, 0.3) is 0 Å². The van der Waals surface area contributed by atoms with Gasteiger partial charge in [-0.2, -0.15) is 0 Å². The molecule has 0 saturated carbocycles. The topological polar surface area (TPSA) is 35.5 Å². The summed E-state index contributed by atoms with van der Waals surface area (Å²) < 4.78 is 11.1. The summed E-state index contributed by atoms with van der Waals surface area (Å²) in [5.41, 5.74) is 3.13. The van der Waals surface area contributed by atoms with E-state index in [0.717, 1.165) is 35.5 Å². The molecule has 0 aliphatic heterocycles. The molecule has 0 radical (unpaired) electrons. The van der Waals surface area contributed by atoms with Crippen molar-refractivity contribution in [2.75, 3.05) is 6.61 Å². The Morgan fingerprint density at radius 1 is 0.767 bits per heavy atom. The number of rotatable bonds is 10. The highest BCUT2D eigenvalue weighted by Gasteiger charge is 2.02. The summed E-state index contributed by atoms with van der Waals surface area (Å²) in [4.78, 5) is 12.1. The lowest BCUT2D eigenvalue weighted by atomic mass is 10.1. The molecule has 3 rings (SSSR count). The third kappa shape index (κ3) is 6.93. The first-order valence-corrected chi connectivity index (χ1v) is 10.5. The highest BCUT2D eigenvalue weighted by atomic mass is 16.5. The molecule has 0 bridgehead atoms. The van der Waals surface area contributed by atoms with Crippen molar-refractivity contribution in [2.45, 2.75) is 32.6 Å². The molecule has 0 aromatic heterocycles. The largest absolute Gasteiger partial charge is 0.494 e. The second-order valence-electron chi connectivity index (χ2n) is 7.12. The van der Waals surface area contributed by atoms with Crippen molar-refractivity contribution >= 4 is 12.0 Å². The Hall–Kier alpha value is -3.33. The van der Waals surface area contributed by atoms with E-state index in [2.05, 4.69) is 6.92 Å². The smallest absolute Gasteiger partial charge is 0.336 e. The van der Waals surface area contributed by atoms with Gasteiger partial charge in [0.1, 0.15) is 11.5 Å². The van der Waals surface area contributed by atoms with E-state index in [0.29, 0.717) is 5.75 Å². The van der Waals surface area contributed by atoms with Gasteiger partial charge in [-0.15, -0.1) is 0 Å². The van der Waals surface area contributed by atoms with Gasteiger partial charge in [-0.3, -0.25) is 0 Å². The number of esters is 1. The minimum atomic E-state index is -0.404. The highest BCUT2D eigenvalue weighted by molar-refractivity contribution is 5.88. The van der Waals surface area contributed by atoms with Crippen LogP contribution in [0.3, 0.4) is 0 Å². The van der Waals surface area contributed by atoms with Crippen LogP contribution in [0.15, 0.2) is 84.9 Å². The van der Waals surface area contributed by atoms with E-state index < -0.39 is 5.97 Å². The maximum absolute atomic E-state index is 12.1. The molecule has 154 valence electrons. The molecule has 30 heavy (non-hydrogen) atoms. The Bertz CT molecular complexity index is 926. The van der Waals surface area contributed by atoms with Gasteiger partial charge in [0.2, 0.25) is 0 Å². The molecule has 3 aromatic carbocycles. The van der Waals surface area contributed by atoms with E-state index in [-0.39, 0.29) is 0 Å². The molecule has 0 saturated heterocycles. The van der Waals surface area contributed by atoms with Crippen LogP contribution in [0.2, 0.25) is 0 Å². The second-order valence-corrected chi connectivity index (χ2v) is 7.12. The summed E-state index contributed by atoms with van der Waals surface area (Å²) in [6.07, 6.45) is 7.93. The summed E-state index contributed by atoms with van der Waals surface area (Å²) in [5, 5.41) is 0. The van der Waals surface area contributed by atoms with Gasteiger partial charge in [0, 0.05) is 6.08 Å². The van der Waals surface area contributed by atoms with Gasteiger partial charge >= 0.3 is 5.97 Å². The third-order valence-electron chi connectivity index (χ3n) is 4.74. The molecule has 0 heterocycles.